The van der Waals surface area contributed by atoms with Gasteiger partial charge in [-0.2, -0.15) is 0 Å². The van der Waals surface area contributed by atoms with Crippen molar-refractivity contribution in [1.29, 1.82) is 0 Å². The third-order valence-electron chi connectivity index (χ3n) is 5.72. The number of nitrogens with one attached hydrogen (secondary N) is 4. The van der Waals surface area contributed by atoms with Crippen LogP contribution < -0.4 is 21.9 Å². The highest BCUT2D eigenvalue weighted by Crippen LogP contribution is 2.51. The van der Waals surface area contributed by atoms with Gasteiger partial charge in [-0.05, 0) is 37.1 Å². The third kappa shape index (κ3) is 3.28. The van der Waals surface area contributed by atoms with Gasteiger partial charge in [0.25, 0.3) is 11.5 Å². The zero-order chi connectivity index (χ0) is 19.0. The van der Waals surface area contributed by atoms with Crippen LogP contribution in [0.15, 0.2) is 39.9 Å². The Labute approximate surface area is 167 Å². The number of hydrogen-bond donors (Lipinski definition) is 4. The molecule has 2 aliphatic rings. The van der Waals surface area contributed by atoms with Crippen LogP contribution in [0.2, 0.25) is 0 Å². The Morgan fingerprint density at radius 3 is 2.57 bits per heavy atom. The maximum atomic E-state index is 12.7. The molecule has 0 unspecified atom stereocenters. The van der Waals surface area contributed by atoms with E-state index < -0.39 is 17.2 Å². The SMILES string of the molecule is CO[C@H]1[C@H](NC(=O)c2cc(=O)[nH]c(=O)[nH]2)c2ccccc2C12CCNCC2.Cl. The first-order valence-electron chi connectivity index (χ1n) is 9.02. The van der Waals surface area contributed by atoms with E-state index in [4.69, 9.17) is 4.74 Å². The Hall–Kier alpha value is -2.42. The second kappa shape index (κ2) is 7.90. The summed E-state index contributed by atoms with van der Waals surface area (Å²) in [6.07, 6.45) is 1.60. The molecule has 1 aliphatic carbocycles. The molecule has 1 amide bonds. The van der Waals surface area contributed by atoms with Crippen LogP contribution in [0.3, 0.4) is 0 Å². The van der Waals surface area contributed by atoms with Crippen molar-refractivity contribution in [3.05, 3.63) is 68.0 Å². The lowest BCUT2D eigenvalue weighted by atomic mass is 9.72. The van der Waals surface area contributed by atoms with Crippen molar-refractivity contribution in [1.82, 2.24) is 20.6 Å². The van der Waals surface area contributed by atoms with Crippen molar-refractivity contribution in [3.63, 3.8) is 0 Å². The molecule has 0 bridgehead atoms. The van der Waals surface area contributed by atoms with Crippen LogP contribution in [0.25, 0.3) is 0 Å². The van der Waals surface area contributed by atoms with Crippen LogP contribution in [0.1, 0.15) is 40.5 Å². The molecule has 2 aromatic rings. The standard InChI is InChI=1S/C19H22N4O4.ClH/c1-27-16-15(23-17(25)13-10-14(24)22-18(26)21-13)11-4-2-3-5-12(11)19(16)6-8-20-9-7-19;/h2-5,10,15-16,20H,6-9H2,1H3,(H,23,25)(H2,21,22,24,26);1H/t15-,16+;/m1./s1. The van der Waals surface area contributed by atoms with Gasteiger partial charge in [-0.3, -0.25) is 14.6 Å². The quantitative estimate of drug-likeness (QED) is 0.596. The molecule has 150 valence electrons. The Morgan fingerprint density at radius 1 is 1.18 bits per heavy atom. The van der Waals surface area contributed by atoms with Crippen LogP contribution >= 0.6 is 12.4 Å². The smallest absolute Gasteiger partial charge is 0.326 e. The summed E-state index contributed by atoms with van der Waals surface area (Å²) in [5.41, 5.74) is 0.652. The van der Waals surface area contributed by atoms with Crippen molar-refractivity contribution < 1.29 is 9.53 Å². The molecule has 1 saturated heterocycles. The number of H-pyrrole nitrogens is 2. The van der Waals surface area contributed by atoms with Crippen molar-refractivity contribution in [2.24, 2.45) is 0 Å². The topological polar surface area (TPSA) is 116 Å². The van der Waals surface area contributed by atoms with Crippen molar-refractivity contribution in [3.8, 4) is 0 Å². The zero-order valence-electron chi connectivity index (χ0n) is 15.4. The highest BCUT2D eigenvalue weighted by atomic mass is 35.5. The van der Waals surface area contributed by atoms with E-state index in [9.17, 15) is 14.4 Å². The molecule has 9 heteroatoms. The van der Waals surface area contributed by atoms with E-state index in [1.807, 2.05) is 18.2 Å². The maximum Gasteiger partial charge on any atom is 0.326 e. The number of carbonyl (C=O) groups is 1. The van der Waals surface area contributed by atoms with Gasteiger partial charge in [-0.1, -0.05) is 24.3 Å². The fraction of sp³-hybridized carbons (Fsp3) is 0.421. The molecule has 1 fully saturated rings. The number of aromatic nitrogens is 2. The second-order valence-corrected chi connectivity index (χ2v) is 7.10. The number of rotatable bonds is 3. The van der Waals surface area contributed by atoms with E-state index in [1.54, 1.807) is 7.11 Å². The molecule has 1 spiro atoms. The molecule has 8 nitrogen and oxygen atoms in total. The normalized spacial score (nSPS) is 22.3. The second-order valence-electron chi connectivity index (χ2n) is 7.10. The van der Waals surface area contributed by atoms with Gasteiger partial charge in [0.15, 0.2) is 0 Å². The summed E-state index contributed by atoms with van der Waals surface area (Å²) in [7, 11) is 1.66. The summed E-state index contributed by atoms with van der Waals surface area (Å²) in [5, 5.41) is 6.36. The third-order valence-corrected chi connectivity index (χ3v) is 5.72. The maximum absolute atomic E-state index is 12.7. The largest absolute Gasteiger partial charge is 0.378 e. The highest BCUT2D eigenvalue weighted by Gasteiger charge is 2.53. The van der Waals surface area contributed by atoms with Crippen LogP contribution in [-0.2, 0) is 10.2 Å². The fourth-order valence-electron chi connectivity index (χ4n) is 4.61. The lowest BCUT2D eigenvalue weighted by Gasteiger charge is -2.40. The van der Waals surface area contributed by atoms with E-state index in [2.05, 4.69) is 26.7 Å². The van der Waals surface area contributed by atoms with Gasteiger partial charge in [0.2, 0.25) is 0 Å². The molecule has 0 radical (unpaired) electrons. The molecule has 1 aromatic carbocycles. The minimum absolute atomic E-state index is 0. The first-order valence-corrected chi connectivity index (χ1v) is 9.02. The number of halogens is 1. The minimum atomic E-state index is -0.711. The Balaban J connectivity index is 0.00000225. The van der Waals surface area contributed by atoms with E-state index in [0.29, 0.717) is 0 Å². The summed E-state index contributed by atoms with van der Waals surface area (Å²) in [5.74, 6) is -0.508. The summed E-state index contributed by atoms with van der Waals surface area (Å²) >= 11 is 0. The monoisotopic (exact) mass is 406 g/mol. The molecule has 28 heavy (non-hydrogen) atoms. The zero-order valence-corrected chi connectivity index (χ0v) is 16.2. The summed E-state index contributed by atoms with van der Waals surface area (Å²) < 4.78 is 5.90. The average molecular weight is 407 g/mol. The molecule has 4 N–H and O–H groups in total. The molecule has 2 heterocycles. The molecular formula is C19H23ClN4O4. The molecule has 4 rings (SSSR count). The number of amides is 1. The lowest BCUT2D eigenvalue weighted by molar-refractivity contribution is 0.00391. The minimum Gasteiger partial charge on any atom is -0.378 e. The number of aromatic amines is 2. The van der Waals surface area contributed by atoms with Crippen LogP contribution in [0.5, 0.6) is 0 Å². The molecule has 0 saturated carbocycles. The number of methoxy groups -OCH3 is 1. The van der Waals surface area contributed by atoms with Crippen molar-refractivity contribution in [2.45, 2.75) is 30.4 Å². The highest BCUT2D eigenvalue weighted by molar-refractivity contribution is 5.92. The first-order chi connectivity index (χ1) is 13.0. The van der Waals surface area contributed by atoms with Gasteiger partial charge in [-0.25, -0.2) is 4.79 Å². The van der Waals surface area contributed by atoms with Crippen LogP contribution in [0, 0.1) is 0 Å². The first kappa shape index (κ1) is 20.3. The number of hydrogen-bond acceptors (Lipinski definition) is 5. The van der Waals surface area contributed by atoms with Gasteiger partial charge in [0.05, 0.1) is 12.1 Å². The molecule has 2 atom stereocenters. The fourth-order valence-corrected chi connectivity index (χ4v) is 4.61. The van der Waals surface area contributed by atoms with Crippen LogP contribution in [-0.4, -0.2) is 42.2 Å². The number of carbonyl (C=O) groups excluding carboxylic acids is 1. The summed E-state index contributed by atoms with van der Waals surface area (Å²) in [4.78, 5) is 40.2. The van der Waals surface area contributed by atoms with Crippen LogP contribution in [0.4, 0.5) is 0 Å². The summed E-state index contributed by atoms with van der Waals surface area (Å²) in [6.45, 7) is 1.77. The Kier molecular flexibility index (Phi) is 5.74. The Bertz CT molecular complexity index is 952. The van der Waals surface area contributed by atoms with E-state index in [1.165, 1.54) is 5.56 Å². The Morgan fingerprint density at radius 2 is 1.89 bits per heavy atom. The van der Waals surface area contributed by atoms with E-state index >= 15 is 0 Å². The van der Waals surface area contributed by atoms with E-state index in [0.717, 1.165) is 37.6 Å². The molecule has 1 aromatic heterocycles. The van der Waals surface area contributed by atoms with Crippen molar-refractivity contribution in [2.75, 3.05) is 20.2 Å². The number of fused-ring (bicyclic) bond motifs is 2. The van der Waals surface area contributed by atoms with Gasteiger partial charge >= 0.3 is 5.69 Å². The number of benzene rings is 1. The van der Waals surface area contributed by atoms with Gasteiger partial charge in [-0.15, -0.1) is 12.4 Å². The average Bonchev–Trinajstić information content (AvgIpc) is 2.91. The predicted molar refractivity (Wildman–Crippen MR) is 106 cm³/mol. The van der Waals surface area contributed by atoms with Gasteiger partial charge in [0, 0.05) is 18.6 Å². The lowest BCUT2D eigenvalue weighted by Crippen LogP contribution is -2.49. The van der Waals surface area contributed by atoms with Gasteiger partial charge < -0.3 is 20.4 Å². The molecule has 1 aliphatic heterocycles. The van der Waals surface area contributed by atoms with Crippen molar-refractivity contribution >= 4 is 18.3 Å². The summed E-state index contributed by atoms with van der Waals surface area (Å²) in [6, 6.07) is 8.78. The number of piperidine rings is 1. The molecular weight excluding hydrogens is 384 g/mol. The van der Waals surface area contributed by atoms with E-state index in [-0.39, 0.29) is 35.7 Å². The van der Waals surface area contributed by atoms with Gasteiger partial charge in [0.1, 0.15) is 5.69 Å². The number of ether oxygens (including phenoxy) is 1. The predicted octanol–water partition coefficient (Wildman–Crippen LogP) is 0.606.